The van der Waals surface area contributed by atoms with Crippen molar-refractivity contribution in [2.45, 2.75) is 66.0 Å². The van der Waals surface area contributed by atoms with Gasteiger partial charge in [-0.1, -0.05) is 34.6 Å². The van der Waals surface area contributed by atoms with Crippen LogP contribution in [0.3, 0.4) is 0 Å². The lowest BCUT2D eigenvalue weighted by Crippen LogP contribution is -2.54. The topological polar surface area (TPSA) is 69.6 Å². The Hall–Kier alpha value is -1.26. The minimum atomic E-state index is -0.981. The highest BCUT2D eigenvalue weighted by molar-refractivity contribution is 5.83. The van der Waals surface area contributed by atoms with Crippen LogP contribution in [0.5, 0.6) is 0 Å². The summed E-state index contributed by atoms with van der Waals surface area (Å²) in [6, 6.07) is -0.811. The molecule has 0 aliphatic heterocycles. The summed E-state index contributed by atoms with van der Waals surface area (Å²) in [5, 5.41) is 12.0. The van der Waals surface area contributed by atoms with E-state index >= 15 is 0 Å². The molecular weight excluding hydrogens is 256 g/mol. The molecule has 1 rings (SSSR count). The molecule has 2 amide bonds. The maximum atomic E-state index is 12.4. The molecule has 1 saturated carbocycles. The Bertz CT molecular complexity index is 357. The van der Waals surface area contributed by atoms with E-state index in [0.29, 0.717) is 18.5 Å². The molecule has 0 saturated heterocycles. The number of carboxylic acids is 1. The molecule has 1 fully saturated rings. The lowest BCUT2D eigenvalue weighted by molar-refractivity contribution is -0.142. The minimum absolute atomic E-state index is 0.240. The number of hydrogen-bond acceptors (Lipinski definition) is 2. The van der Waals surface area contributed by atoms with Crippen LogP contribution in [0.2, 0.25) is 0 Å². The van der Waals surface area contributed by atoms with Crippen molar-refractivity contribution < 1.29 is 14.7 Å². The summed E-state index contributed by atoms with van der Waals surface area (Å²) in [6.07, 6.45) is 2.99. The normalized spacial score (nSPS) is 16.9. The third kappa shape index (κ3) is 5.02. The van der Waals surface area contributed by atoms with E-state index in [1.165, 1.54) is 0 Å². The molecule has 20 heavy (non-hydrogen) atoms. The van der Waals surface area contributed by atoms with E-state index in [1.807, 2.05) is 25.7 Å². The molecule has 0 radical (unpaired) electrons. The second-order valence-corrected chi connectivity index (χ2v) is 7.19. The van der Waals surface area contributed by atoms with Gasteiger partial charge in [0.2, 0.25) is 0 Å². The first-order chi connectivity index (χ1) is 9.12. The van der Waals surface area contributed by atoms with E-state index in [1.54, 1.807) is 0 Å². The van der Waals surface area contributed by atoms with Crippen molar-refractivity contribution >= 4 is 12.0 Å². The highest BCUT2D eigenvalue weighted by atomic mass is 16.4. The zero-order valence-corrected chi connectivity index (χ0v) is 13.3. The van der Waals surface area contributed by atoms with Gasteiger partial charge in [0, 0.05) is 12.6 Å². The Balaban J connectivity index is 2.67. The van der Waals surface area contributed by atoms with Crippen LogP contribution in [0.1, 0.15) is 53.9 Å². The van der Waals surface area contributed by atoms with Gasteiger partial charge in [-0.05, 0) is 30.6 Å². The van der Waals surface area contributed by atoms with Crippen LogP contribution >= 0.6 is 0 Å². The predicted octanol–water partition coefficient (Wildman–Crippen LogP) is 2.71. The summed E-state index contributed by atoms with van der Waals surface area (Å²) in [6.45, 7) is 10.4. The standard InChI is InChI=1S/C15H28N2O3/c1-10(2)8-9-17(11-6-7-11)14(20)16-12(13(18)19)15(3,4)5/h10-12H,6-9H2,1-5H3,(H,16,20)(H,18,19). The molecular formula is C15H28N2O3. The van der Waals surface area contributed by atoms with Crippen LogP contribution in [-0.4, -0.2) is 40.6 Å². The van der Waals surface area contributed by atoms with Crippen molar-refractivity contribution in [3.8, 4) is 0 Å². The van der Waals surface area contributed by atoms with Crippen LogP contribution < -0.4 is 5.32 Å². The molecule has 0 heterocycles. The van der Waals surface area contributed by atoms with Gasteiger partial charge in [0.05, 0.1) is 0 Å². The van der Waals surface area contributed by atoms with Crippen LogP contribution in [-0.2, 0) is 4.79 Å². The van der Waals surface area contributed by atoms with Crippen LogP contribution in [0.4, 0.5) is 4.79 Å². The van der Waals surface area contributed by atoms with Gasteiger partial charge in [-0.2, -0.15) is 0 Å². The number of aliphatic carboxylic acids is 1. The summed E-state index contributed by atoms with van der Waals surface area (Å²) in [5.74, 6) is -0.451. The number of amides is 2. The van der Waals surface area contributed by atoms with Crippen LogP contribution in [0, 0.1) is 11.3 Å². The third-order valence-electron chi connectivity index (χ3n) is 3.58. The number of nitrogens with one attached hydrogen (secondary N) is 1. The quantitative estimate of drug-likeness (QED) is 0.788. The molecule has 1 aliphatic rings. The van der Waals surface area contributed by atoms with Crippen LogP contribution in [0.25, 0.3) is 0 Å². The van der Waals surface area contributed by atoms with Gasteiger partial charge in [0.1, 0.15) is 6.04 Å². The van der Waals surface area contributed by atoms with E-state index in [0.717, 1.165) is 19.3 Å². The maximum Gasteiger partial charge on any atom is 0.326 e. The molecule has 5 heteroatoms. The second kappa shape index (κ2) is 6.46. The van der Waals surface area contributed by atoms with Crippen molar-refractivity contribution in [1.82, 2.24) is 10.2 Å². The molecule has 1 aliphatic carbocycles. The molecule has 116 valence electrons. The zero-order valence-electron chi connectivity index (χ0n) is 13.3. The largest absolute Gasteiger partial charge is 0.480 e. The van der Waals surface area contributed by atoms with Crippen molar-refractivity contribution in [1.29, 1.82) is 0 Å². The third-order valence-corrected chi connectivity index (χ3v) is 3.58. The monoisotopic (exact) mass is 284 g/mol. The van der Waals surface area contributed by atoms with Gasteiger partial charge in [-0.15, -0.1) is 0 Å². The number of carbonyl (C=O) groups is 2. The number of carbonyl (C=O) groups excluding carboxylic acids is 1. The summed E-state index contributed by atoms with van der Waals surface area (Å²) in [4.78, 5) is 25.5. The Morgan fingerprint density at radius 1 is 1.30 bits per heavy atom. The van der Waals surface area contributed by atoms with Crippen molar-refractivity contribution in [3.63, 3.8) is 0 Å². The number of nitrogens with zero attached hydrogens (tertiary/aromatic N) is 1. The first-order valence-electron chi connectivity index (χ1n) is 7.43. The molecule has 1 atom stereocenters. The Labute approximate surface area is 121 Å². The zero-order chi connectivity index (χ0) is 15.5. The molecule has 0 bridgehead atoms. The SMILES string of the molecule is CC(C)CCN(C(=O)NC(C(=O)O)C(C)(C)C)C1CC1. The maximum absolute atomic E-state index is 12.4. The summed E-state index contributed by atoms with van der Waals surface area (Å²) in [7, 11) is 0. The van der Waals surface area contributed by atoms with Gasteiger partial charge < -0.3 is 15.3 Å². The average molecular weight is 284 g/mol. The van der Waals surface area contributed by atoms with E-state index in [2.05, 4.69) is 19.2 Å². The summed E-state index contributed by atoms with van der Waals surface area (Å²) >= 11 is 0. The van der Waals surface area contributed by atoms with Gasteiger partial charge in [0.25, 0.3) is 0 Å². The van der Waals surface area contributed by atoms with E-state index in [-0.39, 0.29) is 6.03 Å². The number of rotatable bonds is 6. The molecule has 0 aromatic carbocycles. The number of urea groups is 1. The Morgan fingerprint density at radius 2 is 1.85 bits per heavy atom. The molecule has 1 unspecified atom stereocenters. The van der Waals surface area contributed by atoms with E-state index in [9.17, 15) is 14.7 Å². The van der Waals surface area contributed by atoms with Gasteiger partial charge in [-0.3, -0.25) is 0 Å². The van der Waals surface area contributed by atoms with E-state index < -0.39 is 17.4 Å². The average Bonchev–Trinajstić information content (AvgIpc) is 3.07. The minimum Gasteiger partial charge on any atom is -0.480 e. The fourth-order valence-corrected chi connectivity index (χ4v) is 2.09. The number of carboxylic acid groups (broad SMARTS) is 1. The Kier molecular flexibility index (Phi) is 5.42. The highest BCUT2D eigenvalue weighted by Gasteiger charge is 2.37. The van der Waals surface area contributed by atoms with Crippen LogP contribution in [0.15, 0.2) is 0 Å². The van der Waals surface area contributed by atoms with Gasteiger partial charge in [-0.25, -0.2) is 9.59 Å². The lowest BCUT2D eigenvalue weighted by Gasteiger charge is -2.31. The van der Waals surface area contributed by atoms with Crippen molar-refractivity contribution in [2.24, 2.45) is 11.3 Å². The highest BCUT2D eigenvalue weighted by Crippen LogP contribution is 2.28. The van der Waals surface area contributed by atoms with Crippen molar-refractivity contribution in [2.75, 3.05) is 6.54 Å². The van der Waals surface area contributed by atoms with Gasteiger partial charge >= 0.3 is 12.0 Å². The lowest BCUT2D eigenvalue weighted by atomic mass is 9.87. The summed E-state index contributed by atoms with van der Waals surface area (Å²) < 4.78 is 0. The van der Waals surface area contributed by atoms with Crippen molar-refractivity contribution in [3.05, 3.63) is 0 Å². The van der Waals surface area contributed by atoms with Gasteiger partial charge in [0.15, 0.2) is 0 Å². The Morgan fingerprint density at radius 3 is 2.20 bits per heavy atom. The molecule has 0 spiro atoms. The fourth-order valence-electron chi connectivity index (χ4n) is 2.09. The first kappa shape index (κ1) is 16.8. The molecule has 2 N–H and O–H groups in total. The molecule has 0 aromatic heterocycles. The fraction of sp³-hybridized carbons (Fsp3) is 0.867. The second-order valence-electron chi connectivity index (χ2n) is 7.19. The van der Waals surface area contributed by atoms with E-state index in [4.69, 9.17) is 0 Å². The smallest absolute Gasteiger partial charge is 0.326 e. The molecule has 0 aromatic rings. The molecule has 5 nitrogen and oxygen atoms in total. The number of hydrogen-bond donors (Lipinski definition) is 2. The predicted molar refractivity (Wildman–Crippen MR) is 78.6 cm³/mol. The summed E-state index contributed by atoms with van der Waals surface area (Å²) in [5.41, 5.74) is -0.505. The first-order valence-corrected chi connectivity index (χ1v) is 7.43.